The molecule has 0 N–H and O–H groups in total. The van der Waals surface area contributed by atoms with E-state index in [0.717, 1.165) is 103 Å². The average Bonchev–Trinajstić information content (AvgIpc) is 3.27. The Kier molecular flexibility index (Phi) is 45.7. The Balaban J connectivity index is 4.31. The van der Waals surface area contributed by atoms with Gasteiger partial charge in [-0.25, -0.2) is 0 Å². The zero-order valence-electron chi connectivity index (χ0n) is 43.1. The maximum Gasteiger partial charge on any atom is 0.306 e. The van der Waals surface area contributed by atoms with Crippen LogP contribution in [0, 0.1) is 0 Å². The van der Waals surface area contributed by atoms with Crippen molar-refractivity contribution in [2.24, 2.45) is 0 Å². The zero-order chi connectivity index (χ0) is 48.5. The van der Waals surface area contributed by atoms with Crippen LogP contribution >= 0.6 is 7.82 Å². The van der Waals surface area contributed by atoms with E-state index in [9.17, 15) is 19.0 Å². The third-order valence-electron chi connectivity index (χ3n) is 11.2. The average molecular weight is 946 g/mol. The van der Waals surface area contributed by atoms with Gasteiger partial charge < -0.3 is 27.9 Å². The van der Waals surface area contributed by atoms with Crippen LogP contribution in [-0.2, 0) is 32.7 Å². The van der Waals surface area contributed by atoms with Crippen LogP contribution in [0.1, 0.15) is 219 Å². The lowest BCUT2D eigenvalue weighted by Crippen LogP contribution is -2.37. The number of carbonyl (C=O) groups is 2. The van der Waals surface area contributed by atoms with E-state index in [1.165, 1.54) is 77.0 Å². The van der Waals surface area contributed by atoms with Crippen molar-refractivity contribution in [3.63, 3.8) is 0 Å². The number of phosphoric ester groups is 1. The van der Waals surface area contributed by atoms with Gasteiger partial charge in [-0.05, 0) is 89.9 Å². The molecule has 0 amide bonds. The molecule has 0 aromatic heterocycles. The lowest BCUT2D eigenvalue weighted by atomic mass is 10.1. The molecule has 0 bridgehead atoms. The summed E-state index contributed by atoms with van der Waals surface area (Å²) in [4.78, 5) is 37.8. The van der Waals surface area contributed by atoms with Gasteiger partial charge in [0.1, 0.15) is 19.8 Å². The normalized spacial score (nSPS) is 14.0. The Labute approximate surface area is 406 Å². The number of unbranched alkanes of at least 4 members (excludes halogenated alkanes) is 22. The summed E-state index contributed by atoms with van der Waals surface area (Å²) >= 11 is 0. The van der Waals surface area contributed by atoms with E-state index in [1.807, 2.05) is 21.1 Å². The molecule has 2 atom stereocenters. The molecule has 0 fully saturated rings. The van der Waals surface area contributed by atoms with Crippen LogP contribution in [0.25, 0.3) is 0 Å². The molecule has 0 aromatic rings. The Hall–Kier alpha value is -2.55. The zero-order valence-corrected chi connectivity index (χ0v) is 44.0. The first-order chi connectivity index (χ1) is 32.0. The highest BCUT2D eigenvalue weighted by Crippen LogP contribution is 2.38. The summed E-state index contributed by atoms with van der Waals surface area (Å²) in [6, 6.07) is 0. The summed E-state index contributed by atoms with van der Waals surface area (Å²) in [5.41, 5.74) is 0. The predicted octanol–water partition coefficient (Wildman–Crippen LogP) is 15.5. The lowest BCUT2D eigenvalue weighted by Gasteiger charge is -2.28. The molecule has 10 heteroatoms. The fourth-order valence-electron chi connectivity index (χ4n) is 7.02. The maximum atomic E-state index is 12.8. The highest BCUT2D eigenvalue weighted by molar-refractivity contribution is 7.45. The third-order valence-corrected chi connectivity index (χ3v) is 12.2. The summed E-state index contributed by atoms with van der Waals surface area (Å²) in [7, 11) is 1.14. The number of phosphoric acid groups is 1. The van der Waals surface area contributed by atoms with Gasteiger partial charge in [0.25, 0.3) is 7.82 Å². The van der Waals surface area contributed by atoms with Crippen LogP contribution < -0.4 is 4.89 Å². The van der Waals surface area contributed by atoms with Gasteiger partial charge in [0.15, 0.2) is 6.10 Å². The Bertz CT molecular complexity index is 1350. The van der Waals surface area contributed by atoms with E-state index in [-0.39, 0.29) is 26.1 Å². The standard InChI is InChI=1S/C56H100NO8P/c1-6-8-10-12-14-16-18-20-22-24-26-28-30-32-34-36-38-40-42-44-46-48-55(58)62-52-54(53-64-66(60,61)63-51-50-57(3,4)5)65-56(59)49-47-45-43-41-39-37-35-33-31-29-27-25-23-21-19-17-15-13-11-9-7-2/h18-21,24-27,30-33,54H,6-17,22-23,28-29,34-53H2,1-5H3/b20-18-,21-19-,26-24-,27-25-,32-30-,33-31-. The third kappa shape index (κ3) is 50.9. The van der Waals surface area contributed by atoms with E-state index in [2.05, 4.69) is 86.8 Å². The molecule has 0 radical (unpaired) electrons. The van der Waals surface area contributed by atoms with Crippen LogP contribution in [0.3, 0.4) is 0 Å². The minimum absolute atomic E-state index is 0.0393. The summed E-state index contributed by atoms with van der Waals surface area (Å²) in [5, 5.41) is 0. The smallest absolute Gasteiger partial charge is 0.306 e. The number of rotatable bonds is 48. The quantitative estimate of drug-likeness (QED) is 0.0195. The van der Waals surface area contributed by atoms with Gasteiger partial charge in [0, 0.05) is 12.8 Å². The molecule has 0 rings (SSSR count). The van der Waals surface area contributed by atoms with E-state index in [1.54, 1.807) is 0 Å². The first-order valence-corrected chi connectivity index (χ1v) is 28.1. The van der Waals surface area contributed by atoms with Crippen molar-refractivity contribution in [3.8, 4) is 0 Å². The van der Waals surface area contributed by atoms with Crippen LogP contribution in [0.4, 0.5) is 0 Å². The van der Waals surface area contributed by atoms with Crippen LogP contribution in [-0.4, -0.2) is 70.0 Å². The first-order valence-electron chi connectivity index (χ1n) is 26.6. The molecule has 66 heavy (non-hydrogen) atoms. The second-order valence-electron chi connectivity index (χ2n) is 18.9. The fourth-order valence-corrected chi connectivity index (χ4v) is 7.75. The van der Waals surface area contributed by atoms with Crippen molar-refractivity contribution in [3.05, 3.63) is 72.9 Å². The molecular weight excluding hydrogens is 846 g/mol. The van der Waals surface area contributed by atoms with Crippen molar-refractivity contribution >= 4 is 19.8 Å². The minimum Gasteiger partial charge on any atom is -0.756 e. The highest BCUT2D eigenvalue weighted by Gasteiger charge is 2.21. The number of nitrogens with zero attached hydrogens (tertiary/aromatic N) is 1. The molecule has 0 aliphatic rings. The number of esters is 2. The Morgan fingerprint density at radius 2 is 0.818 bits per heavy atom. The summed E-state index contributed by atoms with van der Waals surface area (Å²) in [6.45, 7) is 4.18. The second-order valence-corrected chi connectivity index (χ2v) is 20.3. The molecule has 2 unspecified atom stereocenters. The first kappa shape index (κ1) is 63.5. The molecule has 0 aromatic carbocycles. The number of hydrogen-bond donors (Lipinski definition) is 0. The van der Waals surface area contributed by atoms with Gasteiger partial charge in [-0.3, -0.25) is 14.2 Å². The van der Waals surface area contributed by atoms with Crippen LogP contribution in [0.15, 0.2) is 72.9 Å². The molecule has 0 saturated heterocycles. The van der Waals surface area contributed by atoms with Gasteiger partial charge in [-0.1, -0.05) is 189 Å². The molecule has 0 saturated carbocycles. The van der Waals surface area contributed by atoms with Crippen LogP contribution in [0.2, 0.25) is 0 Å². The monoisotopic (exact) mass is 946 g/mol. The summed E-state index contributed by atoms with van der Waals surface area (Å²) in [6.07, 6.45) is 60.7. The number of allylic oxidation sites excluding steroid dienone is 12. The summed E-state index contributed by atoms with van der Waals surface area (Å²) in [5.74, 6) is -0.864. The number of carbonyl (C=O) groups excluding carboxylic acids is 2. The van der Waals surface area contributed by atoms with Gasteiger partial charge in [0.05, 0.1) is 27.7 Å². The second kappa shape index (κ2) is 47.5. The fraction of sp³-hybridized carbons (Fsp3) is 0.750. The molecular formula is C56H100NO8P. The van der Waals surface area contributed by atoms with E-state index < -0.39 is 32.5 Å². The van der Waals surface area contributed by atoms with Crippen molar-refractivity contribution < 1.29 is 42.1 Å². The van der Waals surface area contributed by atoms with Gasteiger partial charge in [-0.2, -0.15) is 0 Å². The van der Waals surface area contributed by atoms with Gasteiger partial charge in [0.2, 0.25) is 0 Å². The van der Waals surface area contributed by atoms with Crippen molar-refractivity contribution in [2.75, 3.05) is 47.5 Å². The van der Waals surface area contributed by atoms with Crippen molar-refractivity contribution in [2.45, 2.75) is 225 Å². The topological polar surface area (TPSA) is 111 Å². The number of quaternary nitrogens is 1. The highest BCUT2D eigenvalue weighted by atomic mass is 31.2. The Morgan fingerprint density at radius 3 is 1.21 bits per heavy atom. The maximum absolute atomic E-state index is 12.8. The molecule has 0 heterocycles. The largest absolute Gasteiger partial charge is 0.756 e. The number of likely N-dealkylation sites (N-methyl/N-ethyl adjacent to an activating group) is 1. The molecule has 0 aliphatic carbocycles. The number of hydrogen-bond acceptors (Lipinski definition) is 8. The van der Waals surface area contributed by atoms with E-state index in [0.29, 0.717) is 23.9 Å². The van der Waals surface area contributed by atoms with E-state index >= 15 is 0 Å². The Morgan fingerprint density at radius 1 is 0.470 bits per heavy atom. The molecule has 0 aliphatic heterocycles. The lowest BCUT2D eigenvalue weighted by molar-refractivity contribution is -0.870. The van der Waals surface area contributed by atoms with Crippen molar-refractivity contribution in [1.29, 1.82) is 0 Å². The SMILES string of the molecule is CCCCCCC/C=C\C/C=C\C/C=C\CCCCCCCCC(=O)OCC(COP(=O)([O-])OCC[N+](C)(C)C)OC(=O)CCCCCCCC/C=C\C/C=C\C/C=C\CCCCCCC. The number of ether oxygens (including phenoxy) is 2. The van der Waals surface area contributed by atoms with Gasteiger partial charge >= 0.3 is 11.9 Å². The molecule has 382 valence electrons. The molecule has 0 spiro atoms. The molecule has 9 nitrogen and oxygen atoms in total. The predicted molar refractivity (Wildman–Crippen MR) is 277 cm³/mol. The van der Waals surface area contributed by atoms with Crippen LogP contribution in [0.5, 0.6) is 0 Å². The van der Waals surface area contributed by atoms with Gasteiger partial charge in [-0.15, -0.1) is 0 Å². The van der Waals surface area contributed by atoms with Crippen molar-refractivity contribution in [1.82, 2.24) is 0 Å². The van der Waals surface area contributed by atoms with E-state index in [4.69, 9.17) is 18.5 Å². The summed E-state index contributed by atoms with van der Waals surface area (Å²) < 4.78 is 34.1. The minimum atomic E-state index is -4.64.